The minimum absolute atomic E-state index is 0.0391. The number of carbonyl (C=O) groups excluding carboxylic acids is 1. The molecule has 1 heterocycles. The zero-order valence-corrected chi connectivity index (χ0v) is 13.4. The Balaban J connectivity index is 1.82. The number of amides is 1. The summed E-state index contributed by atoms with van der Waals surface area (Å²) in [5, 5.41) is 6.52. The molecule has 1 spiro atoms. The Morgan fingerprint density at radius 2 is 2.10 bits per heavy atom. The summed E-state index contributed by atoms with van der Waals surface area (Å²) in [6, 6.07) is 0.373. The molecule has 1 aliphatic heterocycles. The molecule has 1 atom stereocenters. The maximum atomic E-state index is 11.6. The molecule has 1 saturated heterocycles. The van der Waals surface area contributed by atoms with Gasteiger partial charge in [0.15, 0.2) is 5.96 Å². The van der Waals surface area contributed by atoms with Crippen molar-refractivity contribution >= 4 is 11.9 Å². The zero-order valence-electron chi connectivity index (χ0n) is 13.4. The molecule has 0 aromatic carbocycles. The number of hydrogen-bond donors (Lipinski definition) is 2. The molecule has 1 amide bonds. The van der Waals surface area contributed by atoms with E-state index in [0.29, 0.717) is 12.0 Å². The zero-order chi connectivity index (χ0) is 15.3. The minimum atomic E-state index is 0.0391. The van der Waals surface area contributed by atoms with Gasteiger partial charge in [-0.1, -0.05) is 12.8 Å². The summed E-state index contributed by atoms with van der Waals surface area (Å²) < 4.78 is 6.04. The summed E-state index contributed by atoms with van der Waals surface area (Å²) in [6.45, 7) is 1.08. The fourth-order valence-corrected chi connectivity index (χ4v) is 3.22. The van der Waals surface area contributed by atoms with Crippen molar-refractivity contribution in [2.75, 3.05) is 34.3 Å². The molecule has 2 rings (SSSR count). The first-order valence-electron chi connectivity index (χ1n) is 7.86. The molecular formula is C15H28N4O2. The van der Waals surface area contributed by atoms with Crippen molar-refractivity contribution in [2.24, 2.45) is 4.99 Å². The molecule has 21 heavy (non-hydrogen) atoms. The second-order valence-corrected chi connectivity index (χ2v) is 6.29. The van der Waals surface area contributed by atoms with E-state index in [1.54, 1.807) is 26.0 Å². The van der Waals surface area contributed by atoms with Crippen molar-refractivity contribution in [3.63, 3.8) is 0 Å². The van der Waals surface area contributed by atoms with Crippen LogP contribution in [0.5, 0.6) is 0 Å². The largest absolute Gasteiger partial charge is 0.375 e. The van der Waals surface area contributed by atoms with Crippen molar-refractivity contribution in [3.05, 3.63) is 0 Å². The molecule has 1 aliphatic carbocycles. The highest BCUT2D eigenvalue weighted by molar-refractivity contribution is 5.86. The molecule has 0 radical (unpaired) electrons. The van der Waals surface area contributed by atoms with Crippen LogP contribution in [-0.4, -0.2) is 62.7 Å². The van der Waals surface area contributed by atoms with E-state index >= 15 is 0 Å². The van der Waals surface area contributed by atoms with Crippen LogP contribution in [0.1, 0.15) is 38.5 Å². The molecule has 6 heteroatoms. The van der Waals surface area contributed by atoms with Crippen molar-refractivity contribution in [1.29, 1.82) is 0 Å². The van der Waals surface area contributed by atoms with E-state index in [9.17, 15) is 4.79 Å². The number of guanidine groups is 1. The number of rotatable bonds is 3. The summed E-state index contributed by atoms with van der Waals surface area (Å²) in [5.41, 5.74) is 0.0915. The molecule has 2 N–H and O–H groups in total. The molecule has 2 fully saturated rings. The van der Waals surface area contributed by atoms with Gasteiger partial charge in [-0.25, -0.2) is 0 Å². The molecular weight excluding hydrogens is 268 g/mol. The Labute approximate surface area is 127 Å². The number of hydrogen-bond acceptors (Lipinski definition) is 3. The van der Waals surface area contributed by atoms with Gasteiger partial charge in [-0.15, -0.1) is 0 Å². The van der Waals surface area contributed by atoms with Crippen LogP contribution >= 0.6 is 0 Å². The predicted octanol–water partition coefficient (Wildman–Crippen LogP) is 0.731. The predicted molar refractivity (Wildman–Crippen MR) is 83.4 cm³/mol. The van der Waals surface area contributed by atoms with Crippen LogP contribution in [0.3, 0.4) is 0 Å². The molecule has 0 aromatic heterocycles. The van der Waals surface area contributed by atoms with Crippen molar-refractivity contribution in [1.82, 2.24) is 15.5 Å². The summed E-state index contributed by atoms with van der Waals surface area (Å²) in [4.78, 5) is 17.4. The van der Waals surface area contributed by atoms with Gasteiger partial charge < -0.3 is 20.3 Å². The quantitative estimate of drug-likeness (QED) is 0.595. The third-order valence-corrected chi connectivity index (χ3v) is 4.48. The number of ether oxygens (including phenoxy) is 1. The van der Waals surface area contributed by atoms with E-state index in [0.717, 1.165) is 19.4 Å². The Morgan fingerprint density at radius 3 is 2.71 bits per heavy atom. The Bertz CT molecular complexity index is 389. The van der Waals surface area contributed by atoms with Gasteiger partial charge in [0.25, 0.3) is 0 Å². The number of likely N-dealkylation sites (N-methyl/N-ethyl adjacent to an activating group) is 1. The van der Waals surface area contributed by atoms with Crippen molar-refractivity contribution < 1.29 is 9.53 Å². The normalized spacial score (nSPS) is 24.9. The van der Waals surface area contributed by atoms with Crippen LogP contribution < -0.4 is 10.6 Å². The summed E-state index contributed by atoms with van der Waals surface area (Å²) in [5.74, 6) is 0.738. The van der Waals surface area contributed by atoms with Crippen LogP contribution in [0.2, 0.25) is 0 Å². The van der Waals surface area contributed by atoms with Gasteiger partial charge in [0.05, 0.1) is 12.1 Å². The lowest BCUT2D eigenvalue weighted by Gasteiger charge is -2.39. The second kappa shape index (κ2) is 7.11. The van der Waals surface area contributed by atoms with Gasteiger partial charge in [0.2, 0.25) is 5.91 Å². The van der Waals surface area contributed by atoms with E-state index in [4.69, 9.17) is 4.74 Å². The van der Waals surface area contributed by atoms with E-state index < -0.39 is 0 Å². The summed E-state index contributed by atoms with van der Waals surface area (Å²) in [6.07, 6.45) is 6.93. The molecule has 6 nitrogen and oxygen atoms in total. The minimum Gasteiger partial charge on any atom is -0.375 e. The van der Waals surface area contributed by atoms with Crippen LogP contribution in [0.15, 0.2) is 4.99 Å². The van der Waals surface area contributed by atoms with E-state index in [1.807, 2.05) is 0 Å². The molecule has 120 valence electrons. The SMILES string of the molecule is CN=C(NCC(=O)N(C)C)NC1CCOC2(CCCC2)C1. The molecule has 1 unspecified atom stereocenters. The van der Waals surface area contributed by atoms with Gasteiger partial charge in [-0.3, -0.25) is 9.79 Å². The Hall–Kier alpha value is -1.30. The highest BCUT2D eigenvalue weighted by Crippen LogP contribution is 2.39. The smallest absolute Gasteiger partial charge is 0.241 e. The first-order chi connectivity index (χ1) is 10.0. The average Bonchev–Trinajstić information content (AvgIpc) is 2.90. The third kappa shape index (κ3) is 4.33. The van der Waals surface area contributed by atoms with E-state index in [-0.39, 0.29) is 18.1 Å². The summed E-state index contributed by atoms with van der Waals surface area (Å²) in [7, 11) is 5.24. The third-order valence-electron chi connectivity index (χ3n) is 4.48. The van der Waals surface area contributed by atoms with Gasteiger partial charge >= 0.3 is 0 Å². The average molecular weight is 296 g/mol. The second-order valence-electron chi connectivity index (χ2n) is 6.29. The van der Waals surface area contributed by atoms with Crippen molar-refractivity contribution in [3.8, 4) is 0 Å². The van der Waals surface area contributed by atoms with Gasteiger partial charge in [0.1, 0.15) is 0 Å². The standard InChI is InChI=1S/C15H28N4O2/c1-16-14(17-11-13(20)19(2)3)18-12-6-9-21-15(10-12)7-4-5-8-15/h12H,4-11H2,1-3H3,(H2,16,17,18). The molecule has 0 aromatic rings. The lowest BCUT2D eigenvalue weighted by Crippen LogP contribution is -2.51. The highest BCUT2D eigenvalue weighted by Gasteiger charge is 2.40. The first kappa shape index (κ1) is 16.1. The van der Waals surface area contributed by atoms with Crippen LogP contribution in [0, 0.1) is 0 Å². The van der Waals surface area contributed by atoms with E-state index in [1.165, 1.54) is 25.7 Å². The van der Waals surface area contributed by atoms with Gasteiger partial charge in [-0.05, 0) is 25.7 Å². The van der Waals surface area contributed by atoms with Crippen molar-refractivity contribution in [2.45, 2.75) is 50.2 Å². The summed E-state index contributed by atoms with van der Waals surface area (Å²) >= 11 is 0. The molecule has 0 bridgehead atoms. The number of carbonyl (C=O) groups is 1. The van der Waals surface area contributed by atoms with Gasteiger partial charge in [0, 0.05) is 33.8 Å². The fraction of sp³-hybridized carbons (Fsp3) is 0.867. The maximum absolute atomic E-state index is 11.6. The number of aliphatic imine (C=N–C) groups is 1. The highest BCUT2D eigenvalue weighted by atomic mass is 16.5. The lowest BCUT2D eigenvalue weighted by molar-refractivity contribution is -0.127. The molecule has 1 saturated carbocycles. The Morgan fingerprint density at radius 1 is 1.38 bits per heavy atom. The Kier molecular flexibility index (Phi) is 5.45. The van der Waals surface area contributed by atoms with E-state index in [2.05, 4.69) is 15.6 Å². The topological polar surface area (TPSA) is 66.0 Å². The number of nitrogens with one attached hydrogen (secondary N) is 2. The number of nitrogens with zero attached hydrogens (tertiary/aromatic N) is 2. The van der Waals surface area contributed by atoms with Crippen LogP contribution in [-0.2, 0) is 9.53 Å². The monoisotopic (exact) mass is 296 g/mol. The van der Waals surface area contributed by atoms with Gasteiger partial charge in [-0.2, -0.15) is 0 Å². The molecule has 2 aliphatic rings. The van der Waals surface area contributed by atoms with Crippen LogP contribution in [0.4, 0.5) is 0 Å². The maximum Gasteiger partial charge on any atom is 0.241 e. The fourth-order valence-electron chi connectivity index (χ4n) is 3.22. The lowest BCUT2D eigenvalue weighted by atomic mass is 9.89. The first-order valence-corrected chi connectivity index (χ1v) is 7.86. The van der Waals surface area contributed by atoms with Crippen LogP contribution in [0.25, 0.3) is 0 Å².